The number of carbonyl (C=O) groups excluding carboxylic acids is 1. The van der Waals surface area contributed by atoms with E-state index in [-0.39, 0.29) is 18.9 Å². The van der Waals surface area contributed by atoms with Gasteiger partial charge in [-0.2, -0.15) is 0 Å². The fourth-order valence-electron chi connectivity index (χ4n) is 6.06. The van der Waals surface area contributed by atoms with Crippen LogP contribution in [0.5, 0.6) is 17.2 Å². The predicted molar refractivity (Wildman–Crippen MR) is 210 cm³/mol. The van der Waals surface area contributed by atoms with E-state index in [1.165, 1.54) is 0 Å². The first-order valence-corrected chi connectivity index (χ1v) is 18.5. The van der Waals surface area contributed by atoms with Crippen molar-refractivity contribution in [2.75, 3.05) is 19.8 Å². The van der Waals surface area contributed by atoms with Crippen LogP contribution in [0, 0.1) is 0 Å². The van der Waals surface area contributed by atoms with Gasteiger partial charge in [0.15, 0.2) is 23.1 Å². The van der Waals surface area contributed by atoms with Gasteiger partial charge < -0.3 is 29.4 Å². The zero-order valence-electron chi connectivity index (χ0n) is 29.5. The average Bonchev–Trinajstić information content (AvgIpc) is 3.58. The smallest absolute Gasteiger partial charge is 0.252 e. The summed E-state index contributed by atoms with van der Waals surface area (Å²) in [5, 5.41) is 12.2. The number of hydrogen-bond donors (Lipinski definition) is 2. The number of nitrogens with one attached hydrogen (secondary N) is 1. The van der Waals surface area contributed by atoms with Crippen molar-refractivity contribution in [3.63, 3.8) is 0 Å². The van der Waals surface area contributed by atoms with E-state index in [9.17, 15) is 4.79 Å². The fourth-order valence-corrected chi connectivity index (χ4v) is 6.32. The molecule has 0 saturated heterocycles. The molecule has 0 radical (unpaired) electrons. The minimum Gasteiger partial charge on any atom is -0.494 e. The van der Waals surface area contributed by atoms with Gasteiger partial charge in [-0.05, 0) is 77.2 Å². The second-order valence-corrected chi connectivity index (χ2v) is 13.6. The van der Waals surface area contributed by atoms with Gasteiger partial charge in [0, 0.05) is 36.0 Å². The Bertz CT molecular complexity index is 1970. The predicted octanol–water partition coefficient (Wildman–Crippen LogP) is 8.56. The number of rotatable bonds is 18. The van der Waals surface area contributed by atoms with Crippen molar-refractivity contribution in [3.8, 4) is 17.2 Å². The molecule has 2 N–H and O–H groups in total. The monoisotopic (exact) mass is 774 g/mol. The zero-order valence-corrected chi connectivity index (χ0v) is 31.0. The normalized spacial score (nSPS) is 16.3. The average molecular weight is 776 g/mol. The van der Waals surface area contributed by atoms with Crippen molar-refractivity contribution < 1.29 is 28.8 Å². The first kappa shape index (κ1) is 37.4. The van der Waals surface area contributed by atoms with Crippen LogP contribution in [0.1, 0.15) is 46.8 Å². The number of aliphatic hydroxyl groups is 1. The van der Waals surface area contributed by atoms with Crippen LogP contribution in [0.4, 0.5) is 0 Å². The Morgan fingerprint density at radius 2 is 1.49 bits per heavy atom. The minimum atomic E-state index is -1.29. The molecule has 0 saturated carbocycles. The number of benzene rings is 5. The maximum Gasteiger partial charge on any atom is 0.252 e. The molecule has 0 aromatic heterocycles. The first-order valence-electron chi connectivity index (χ1n) is 17.7. The van der Waals surface area contributed by atoms with Crippen LogP contribution >= 0.6 is 15.9 Å². The largest absolute Gasteiger partial charge is 0.494 e. The number of hydrogen-bond acceptors (Lipinski definition) is 7. The summed E-state index contributed by atoms with van der Waals surface area (Å²) in [5.74, 6) is 2.06. The molecule has 0 unspecified atom stereocenters. The summed E-state index contributed by atoms with van der Waals surface area (Å²) < 4.78 is 25.6. The van der Waals surface area contributed by atoms with Crippen LogP contribution in [-0.2, 0) is 29.2 Å². The molecule has 1 aliphatic rings. The molecule has 272 valence electrons. The molecule has 2 atom stereocenters. The Hall–Kier alpha value is -5.38. The quantitative estimate of drug-likeness (QED) is 0.0684. The highest BCUT2D eigenvalue weighted by molar-refractivity contribution is 9.10. The summed E-state index contributed by atoms with van der Waals surface area (Å²) in [5.41, 5.74) is 3.34. The van der Waals surface area contributed by atoms with Crippen molar-refractivity contribution >= 4 is 27.7 Å². The van der Waals surface area contributed by atoms with Crippen LogP contribution in [0.3, 0.4) is 0 Å². The Kier molecular flexibility index (Phi) is 13.0. The van der Waals surface area contributed by atoms with Crippen LogP contribution in [-0.4, -0.2) is 42.2 Å². The van der Waals surface area contributed by atoms with Crippen LogP contribution in [0.15, 0.2) is 150 Å². The molecule has 1 amide bonds. The lowest BCUT2D eigenvalue weighted by Crippen LogP contribution is -2.48. The van der Waals surface area contributed by atoms with E-state index in [0.29, 0.717) is 62.4 Å². The van der Waals surface area contributed by atoms with Gasteiger partial charge >= 0.3 is 0 Å². The molecule has 5 aromatic rings. The second-order valence-electron chi connectivity index (χ2n) is 12.7. The molecule has 6 rings (SSSR count). The van der Waals surface area contributed by atoms with Crippen LogP contribution in [0.2, 0.25) is 0 Å². The van der Waals surface area contributed by atoms with E-state index in [0.717, 1.165) is 32.3 Å². The lowest BCUT2D eigenvalue weighted by Gasteiger charge is -2.29. The molecule has 9 heteroatoms. The number of aliphatic hydroxyl groups excluding tert-OH is 1. The highest BCUT2D eigenvalue weighted by atomic mass is 79.9. The van der Waals surface area contributed by atoms with Crippen molar-refractivity contribution in [1.29, 1.82) is 0 Å². The fraction of sp³-hybridized carbons (Fsp3) is 0.227. The van der Waals surface area contributed by atoms with E-state index in [1.54, 1.807) is 6.08 Å². The maximum absolute atomic E-state index is 14.3. The third kappa shape index (κ3) is 9.74. The van der Waals surface area contributed by atoms with Gasteiger partial charge in [0.25, 0.3) is 5.91 Å². The third-order valence-electron chi connectivity index (χ3n) is 8.84. The summed E-state index contributed by atoms with van der Waals surface area (Å²) in [6.45, 7) is 5.63. The summed E-state index contributed by atoms with van der Waals surface area (Å²) in [7, 11) is 0. The molecule has 0 aliphatic carbocycles. The minimum absolute atomic E-state index is 0.0638. The molecular weight excluding hydrogens is 732 g/mol. The SMILES string of the molecule is C=CC[C@@]1(C(=O)NCCc2ccc(OCc3ccccc3)c(OCc3ccccc3)c2)N=C(c2ccc(OCCCO)cc2)O[C@@H]1c1ccc(Br)cc1. The Morgan fingerprint density at radius 3 is 2.13 bits per heavy atom. The van der Waals surface area contributed by atoms with Gasteiger partial charge in [0.2, 0.25) is 5.90 Å². The van der Waals surface area contributed by atoms with Crippen molar-refractivity contribution in [1.82, 2.24) is 5.32 Å². The van der Waals surface area contributed by atoms with Crippen molar-refractivity contribution in [3.05, 3.63) is 172 Å². The molecule has 0 fully saturated rings. The van der Waals surface area contributed by atoms with Gasteiger partial charge in [-0.3, -0.25) is 4.79 Å². The molecule has 0 spiro atoms. The van der Waals surface area contributed by atoms with Gasteiger partial charge in [-0.15, -0.1) is 6.58 Å². The summed E-state index contributed by atoms with van der Waals surface area (Å²) in [4.78, 5) is 19.3. The van der Waals surface area contributed by atoms with E-state index in [1.807, 2.05) is 127 Å². The number of halogens is 1. The first-order chi connectivity index (χ1) is 26.0. The van der Waals surface area contributed by atoms with E-state index in [4.69, 9.17) is 29.0 Å². The topological polar surface area (TPSA) is 98.6 Å². The molecule has 1 heterocycles. The molecule has 5 aromatic carbocycles. The van der Waals surface area contributed by atoms with Crippen molar-refractivity contribution in [2.45, 2.75) is 44.1 Å². The van der Waals surface area contributed by atoms with E-state index >= 15 is 0 Å². The number of amides is 1. The third-order valence-corrected chi connectivity index (χ3v) is 9.37. The van der Waals surface area contributed by atoms with Gasteiger partial charge in [0.1, 0.15) is 19.0 Å². The maximum atomic E-state index is 14.3. The van der Waals surface area contributed by atoms with Gasteiger partial charge in [-0.1, -0.05) is 101 Å². The molecular formula is C44H43BrN2O6. The second kappa shape index (κ2) is 18.4. The van der Waals surface area contributed by atoms with Crippen LogP contribution in [0.25, 0.3) is 0 Å². The summed E-state index contributed by atoms with van der Waals surface area (Å²) in [6.07, 6.45) is 2.38. The van der Waals surface area contributed by atoms with Crippen LogP contribution < -0.4 is 19.5 Å². The number of aliphatic imine (C=N–C) groups is 1. The summed E-state index contributed by atoms with van der Waals surface area (Å²) >= 11 is 3.52. The number of carbonyl (C=O) groups is 1. The molecule has 8 nitrogen and oxygen atoms in total. The van der Waals surface area contributed by atoms with E-state index in [2.05, 4.69) is 27.8 Å². The molecule has 0 bridgehead atoms. The van der Waals surface area contributed by atoms with Gasteiger partial charge in [0.05, 0.1) is 6.61 Å². The Balaban J connectivity index is 1.20. The standard InChI is InChI=1S/C44H43BrN2O6/c1-2-25-44(41(35-15-19-37(45)20-16-35)53-42(47-44)36-17-21-38(22-18-36)50-28-9-27-48)43(49)46-26-24-32-14-23-39(51-30-33-10-5-3-6-11-33)40(29-32)52-31-34-12-7-4-8-13-34/h2-8,10-23,29,41,48H,1,9,24-28,30-31H2,(H,46,49)/t41-,44-/m1/s1. The highest BCUT2D eigenvalue weighted by Gasteiger charge is 2.52. The summed E-state index contributed by atoms with van der Waals surface area (Å²) in [6, 6.07) is 41.0. The lowest BCUT2D eigenvalue weighted by molar-refractivity contribution is -0.128. The molecule has 1 aliphatic heterocycles. The highest BCUT2D eigenvalue weighted by Crippen LogP contribution is 2.43. The zero-order chi connectivity index (χ0) is 36.9. The van der Waals surface area contributed by atoms with Gasteiger partial charge in [-0.25, -0.2) is 4.99 Å². The Morgan fingerprint density at radius 1 is 0.830 bits per heavy atom. The van der Waals surface area contributed by atoms with E-state index < -0.39 is 11.6 Å². The number of nitrogens with zero attached hydrogens (tertiary/aromatic N) is 1. The number of ether oxygens (including phenoxy) is 4. The molecule has 53 heavy (non-hydrogen) atoms. The van der Waals surface area contributed by atoms with Crippen molar-refractivity contribution in [2.24, 2.45) is 4.99 Å². The Labute approximate surface area is 319 Å². The lowest BCUT2D eigenvalue weighted by atomic mass is 9.84.